The fraction of sp³-hybridized carbons (Fsp3) is 0.470. The SMILES string of the molecule is Cc1ccc(N2CCN(C(=O)C(F)(F)c3ccc(C4(C)CC4(F)F)cc3)CC2)nn1.Cc1ccc(N2CCN(C(=O)Cc3ccc(C4(C)CC4(F)F)cc3)CC2)nn1.Cc1ccc(N2CCN(C(=O)Cc3ccc(C4(C)CC4(F)F)cc3)CC2)nn1.Cc1ccc(N2CCN(C(=O)Cc3ccc(C4CC4(F)F)cc3)CC2)nn1. The predicted octanol–water partition coefficient (Wildman–Crippen LogP) is 12.3. The van der Waals surface area contributed by atoms with E-state index < -0.39 is 63.2 Å². The number of carbonyl (C=O) groups excluding carboxylic acids is 4. The number of anilines is 4. The van der Waals surface area contributed by atoms with Crippen molar-refractivity contribution in [2.24, 2.45) is 0 Å². The molecule has 4 amide bonds. The summed E-state index contributed by atoms with van der Waals surface area (Å²) in [5.41, 5.74) is 4.30. The lowest BCUT2D eigenvalue weighted by molar-refractivity contribution is -0.159. The minimum absolute atomic E-state index is 0.0605. The van der Waals surface area contributed by atoms with Gasteiger partial charge in [-0.05, 0) is 136 Å². The van der Waals surface area contributed by atoms with Gasteiger partial charge in [0, 0.05) is 136 Å². The van der Waals surface area contributed by atoms with Gasteiger partial charge in [-0.1, -0.05) is 97.1 Å². The Balaban J connectivity index is 0.000000132. The lowest BCUT2D eigenvalue weighted by Gasteiger charge is -2.36. The molecule has 0 bridgehead atoms. The second-order valence-electron chi connectivity index (χ2n) is 31.5. The molecule has 4 aliphatic carbocycles. The van der Waals surface area contributed by atoms with E-state index in [9.17, 15) is 63.1 Å². The molecule has 4 aromatic heterocycles. The highest BCUT2D eigenvalue weighted by molar-refractivity contribution is 5.85. The van der Waals surface area contributed by atoms with Gasteiger partial charge in [-0.15, -0.1) is 20.4 Å². The smallest absolute Gasteiger partial charge is 0.349 e. The third-order valence-electron chi connectivity index (χ3n) is 23.3. The van der Waals surface area contributed by atoms with Gasteiger partial charge < -0.3 is 39.2 Å². The lowest BCUT2D eigenvalue weighted by Crippen LogP contribution is -2.52. The highest BCUT2D eigenvalue weighted by Crippen LogP contribution is 2.63. The van der Waals surface area contributed by atoms with E-state index in [0.717, 1.165) is 113 Å². The van der Waals surface area contributed by atoms with Crippen LogP contribution in [-0.4, -0.2) is 212 Å². The third kappa shape index (κ3) is 18.1. The Morgan fingerprint density at radius 3 is 0.814 bits per heavy atom. The molecular formula is C83H92F10N16O4. The van der Waals surface area contributed by atoms with Crippen molar-refractivity contribution in [1.82, 2.24) is 60.4 Å². The van der Waals surface area contributed by atoms with Crippen molar-refractivity contribution in [2.45, 2.75) is 145 Å². The number of alkyl halides is 10. The van der Waals surface area contributed by atoms with Crippen molar-refractivity contribution >= 4 is 46.9 Å². The number of halogens is 10. The standard InChI is InChI=1S/C21H22F4N4O.2C21H24F2N4O.C20H22F2N4O/c1-14-3-8-17(27-26-14)28-9-11-29(12-10-28)18(30)21(24,25)16-6-4-15(5-7-16)19(2)13-20(19,22)23;2*1-15-3-8-18(25-24-15)26-9-11-27(12-10-26)19(28)13-16-4-6-17(7-5-16)20(2)14-21(20,22)23;1-14-2-7-18(24-23-14)25-8-10-26(11-9-25)19(27)12-15-3-5-16(6-4-15)17-13-20(17,21)22/h3-8H,9-13H2,1-2H3;2*3-8H,9-14H2,1-2H3;2-7,17H,8-13H2,1H3. The average Bonchev–Trinajstić information content (AvgIpc) is 1.56. The summed E-state index contributed by atoms with van der Waals surface area (Å²) >= 11 is 0. The maximum atomic E-state index is 14.8. The van der Waals surface area contributed by atoms with E-state index in [1.165, 1.54) is 19.1 Å². The summed E-state index contributed by atoms with van der Waals surface area (Å²) in [6.45, 7) is 21.2. The van der Waals surface area contributed by atoms with Crippen LogP contribution in [0.3, 0.4) is 0 Å². The Labute approximate surface area is 650 Å². The molecule has 0 radical (unpaired) electrons. The second kappa shape index (κ2) is 31.9. The molecule has 0 spiro atoms. The van der Waals surface area contributed by atoms with Crippen molar-refractivity contribution in [2.75, 3.05) is 124 Å². The van der Waals surface area contributed by atoms with E-state index in [2.05, 4.69) is 55.5 Å². The van der Waals surface area contributed by atoms with Crippen LogP contribution in [0.15, 0.2) is 146 Å². The minimum atomic E-state index is -3.72. The molecule has 0 N–H and O–H groups in total. The summed E-state index contributed by atoms with van der Waals surface area (Å²) < 4.78 is 137. The number of amides is 4. The molecule has 8 aromatic rings. The Morgan fingerprint density at radius 2 is 0.584 bits per heavy atom. The van der Waals surface area contributed by atoms with Gasteiger partial charge in [-0.25, -0.2) is 35.1 Å². The summed E-state index contributed by atoms with van der Waals surface area (Å²) in [6.07, 6.45) is 0.300. The average molecular weight is 1570 g/mol. The van der Waals surface area contributed by atoms with Gasteiger partial charge in [0.2, 0.25) is 17.7 Å². The minimum Gasteiger partial charge on any atom is -0.352 e. The molecule has 4 saturated heterocycles. The zero-order chi connectivity index (χ0) is 80.6. The van der Waals surface area contributed by atoms with Crippen molar-refractivity contribution in [3.05, 3.63) is 213 Å². The maximum Gasteiger partial charge on any atom is 0.349 e. The molecule has 8 fully saturated rings. The molecule has 4 unspecified atom stereocenters. The summed E-state index contributed by atoms with van der Waals surface area (Å²) in [5.74, 6) is -13.0. The van der Waals surface area contributed by atoms with Gasteiger partial charge in [-0.3, -0.25) is 19.2 Å². The highest BCUT2D eigenvalue weighted by atomic mass is 19.3. The normalized spacial score (nSPS) is 23.0. The number of carbonyl (C=O) groups is 4. The molecule has 598 valence electrons. The molecule has 16 rings (SSSR count). The highest BCUT2D eigenvalue weighted by Gasteiger charge is 2.70. The van der Waals surface area contributed by atoms with Crippen LogP contribution in [0.25, 0.3) is 0 Å². The fourth-order valence-corrected chi connectivity index (χ4v) is 14.7. The van der Waals surface area contributed by atoms with Crippen molar-refractivity contribution in [3.8, 4) is 0 Å². The number of hydrogen-bond donors (Lipinski definition) is 0. The Morgan fingerprint density at radius 1 is 0.345 bits per heavy atom. The molecule has 4 saturated carbocycles. The fourth-order valence-electron chi connectivity index (χ4n) is 14.7. The zero-order valence-corrected chi connectivity index (χ0v) is 64.3. The quantitative estimate of drug-likeness (QED) is 0.0827. The van der Waals surface area contributed by atoms with Crippen LogP contribution in [0.1, 0.15) is 120 Å². The first kappa shape index (κ1) is 80.6. The van der Waals surface area contributed by atoms with Crippen molar-refractivity contribution in [1.29, 1.82) is 0 Å². The van der Waals surface area contributed by atoms with E-state index in [0.29, 0.717) is 86.9 Å². The topological polar surface area (TPSA) is 197 Å². The first-order chi connectivity index (χ1) is 53.5. The van der Waals surface area contributed by atoms with Gasteiger partial charge in [0.25, 0.3) is 29.6 Å². The zero-order valence-electron chi connectivity index (χ0n) is 64.3. The van der Waals surface area contributed by atoms with E-state index in [4.69, 9.17) is 0 Å². The summed E-state index contributed by atoms with van der Waals surface area (Å²) in [4.78, 5) is 65.2. The maximum absolute atomic E-state index is 14.8. The van der Waals surface area contributed by atoms with Crippen LogP contribution in [0.2, 0.25) is 0 Å². The van der Waals surface area contributed by atoms with Crippen molar-refractivity contribution < 1.29 is 63.1 Å². The van der Waals surface area contributed by atoms with Crippen LogP contribution < -0.4 is 19.6 Å². The molecule has 20 nitrogen and oxygen atoms in total. The van der Waals surface area contributed by atoms with E-state index >= 15 is 0 Å². The predicted molar refractivity (Wildman–Crippen MR) is 406 cm³/mol. The van der Waals surface area contributed by atoms with Crippen LogP contribution in [0, 0.1) is 27.7 Å². The molecule has 30 heteroatoms. The van der Waals surface area contributed by atoms with Crippen LogP contribution in [0.5, 0.6) is 0 Å². The number of hydrogen-bond acceptors (Lipinski definition) is 16. The molecule has 8 heterocycles. The monoisotopic (exact) mass is 1570 g/mol. The number of aromatic nitrogens is 8. The lowest BCUT2D eigenvalue weighted by atomic mass is 9.95. The third-order valence-corrected chi connectivity index (χ3v) is 23.3. The van der Waals surface area contributed by atoms with Gasteiger partial charge in [0.05, 0.1) is 64.2 Å². The van der Waals surface area contributed by atoms with Gasteiger partial charge in [0.1, 0.15) is 0 Å². The van der Waals surface area contributed by atoms with Crippen LogP contribution in [-0.2, 0) is 60.6 Å². The van der Waals surface area contributed by atoms with Gasteiger partial charge in [0.15, 0.2) is 23.3 Å². The van der Waals surface area contributed by atoms with Gasteiger partial charge in [-0.2, -0.15) is 29.2 Å². The molecule has 4 atom stereocenters. The largest absolute Gasteiger partial charge is 0.352 e. The summed E-state index contributed by atoms with van der Waals surface area (Å²) in [6, 6.07) is 41.1. The number of benzene rings is 4. The summed E-state index contributed by atoms with van der Waals surface area (Å²) in [5, 5.41) is 32.9. The van der Waals surface area contributed by atoms with Crippen LogP contribution in [0.4, 0.5) is 67.2 Å². The number of rotatable bonds is 16. The van der Waals surface area contributed by atoms with E-state index in [-0.39, 0.29) is 69.3 Å². The Hall–Kier alpha value is -10.4. The molecule has 8 aliphatic rings. The number of nitrogens with zero attached hydrogens (tertiary/aromatic N) is 16. The Kier molecular flexibility index (Phi) is 22.7. The number of aryl methyl sites for hydroxylation is 4. The van der Waals surface area contributed by atoms with Crippen molar-refractivity contribution in [3.63, 3.8) is 0 Å². The molecule has 113 heavy (non-hydrogen) atoms. The Bertz CT molecular complexity index is 4510. The first-order valence-electron chi connectivity index (χ1n) is 38.2. The molecular weight excluding hydrogens is 1480 g/mol. The first-order valence-corrected chi connectivity index (χ1v) is 38.2. The summed E-state index contributed by atoms with van der Waals surface area (Å²) in [7, 11) is 0. The van der Waals surface area contributed by atoms with Gasteiger partial charge >= 0.3 is 5.92 Å². The second-order valence-corrected chi connectivity index (χ2v) is 31.5. The number of piperazine rings is 4. The molecule has 4 aromatic carbocycles. The van der Waals surface area contributed by atoms with E-state index in [1.807, 2.05) is 89.8 Å². The molecule has 4 aliphatic heterocycles. The van der Waals surface area contributed by atoms with Crippen LogP contribution >= 0.6 is 0 Å². The van der Waals surface area contributed by atoms with E-state index in [1.54, 1.807) is 92.7 Å².